The number of ether oxygens (including phenoxy) is 1. The molecule has 5 heteroatoms. The van der Waals surface area contributed by atoms with Crippen molar-refractivity contribution in [1.82, 2.24) is 4.90 Å². The van der Waals surface area contributed by atoms with Crippen LogP contribution in [0.5, 0.6) is 5.75 Å². The Balaban J connectivity index is 1.78. The summed E-state index contributed by atoms with van der Waals surface area (Å²) in [6, 6.07) is 7.39. The number of aliphatic hydroxyl groups is 1. The fraction of sp³-hybridized carbons (Fsp3) is 0.562. The van der Waals surface area contributed by atoms with Crippen molar-refractivity contribution in [3.63, 3.8) is 0 Å². The second kappa shape index (κ2) is 7.43. The second-order valence-electron chi connectivity index (χ2n) is 5.59. The highest BCUT2D eigenvalue weighted by Crippen LogP contribution is 2.23. The topological polar surface area (TPSA) is 61.8 Å². The van der Waals surface area contributed by atoms with Gasteiger partial charge in [0.2, 0.25) is 5.91 Å². The molecule has 2 N–H and O–H groups in total. The van der Waals surface area contributed by atoms with Crippen LogP contribution in [0, 0.1) is 5.92 Å². The van der Waals surface area contributed by atoms with Crippen molar-refractivity contribution in [1.29, 1.82) is 0 Å². The van der Waals surface area contributed by atoms with Crippen LogP contribution in [-0.4, -0.2) is 48.8 Å². The number of methoxy groups -OCH3 is 1. The maximum atomic E-state index is 12.0. The number of para-hydroxylation sites is 2. The van der Waals surface area contributed by atoms with E-state index in [9.17, 15) is 9.90 Å². The van der Waals surface area contributed by atoms with Gasteiger partial charge >= 0.3 is 0 Å². The molecule has 0 radical (unpaired) electrons. The van der Waals surface area contributed by atoms with Gasteiger partial charge in [-0.1, -0.05) is 12.1 Å². The Morgan fingerprint density at radius 1 is 1.52 bits per heavy atom. The van der Waals surface area contributed by atoms with Crippen molar-refractivity contribution in [2.75, 3.05) is 32.1 Å². The number of carbonyl (C=O) groups excluding carboxylic acids is 1. The molecule has 1 amide bonds. The Bertz CT molecular complexity index is 476. The third-order valence-corrected chi connectivity index (χ3v) is 4.03. The lowest BCUT2D eigenvalue weighted by Crippen LogP contribution is -2.27. The van der Waals surface area contributed by atoms with Crippen molar-refractivity contribution in [2.24, 2.45) is 5.92 Å². The number of benzene rings is 1. The van der Waals surface area contributed by atoms with E-state index in [4.69, 9.17) is 4.74 Å². The lowest BCUT2D eigenvalue weighted by Gasteiger charge is -2.17. The fourth-order valence-electron chi connectivity index (χ4n) is 2.68. The molecule has 2 atom stereocenters. The van der Waals surface area contributed by atoms with Crippen molar-refractivity contribution in [3.8, 4) is 5.75 Å². The number of aliphatic hydroxyl groups excluding tert-OH is 1. The van der Waals surface area contributed by atoms with Crippen LogP contribution in [0.15, 0.2) is 24.3 Å². The van der Waals surface area contributed by atoms with E-state index in [-0.39, 0.29) is 12.0 Å². The molecule has 1 aliphatic rings. The number of rotatable bonds is 6. The molecule has 0 saturated carbocycles. The average Bonchev–Trinajstić information content (AvgIpc) is 2.95. The summed E-state index contributed by atoms with van der Waals surface area (Å²) in [5.74, 6) is 0.989. The first-order valence-electron chi connectivity index (χ1n) is 7.43. The smallest absolute Gasteiger partial charge is 0.225 e. The molecule has 0 spiro atoms. The molecule has 116 valence electrons. The van der Waals surface area contributed by atoms with Gasteiger partial charge in [0.1, 0.15) is 5.75 Å². The SMILES string of the molecule is COc1ccccc1NC(=O)CCN1CCC(C(C)O)C1. The van der Waals surface area contributed by atoms with Crippen molar-refractivity contribution in [2.45, 2.75) is 25.9 Å². The predicted molar refractivity (Wildman–Crippen MR) is 82.5 cm³/mol. The van der Waals surface area contributed by atoms with E-state index in [0.717, 1.165) is 26.1 Å². The molecule has 1 aromatic rings. The number of anilines is 1. The molecular formula is C16H24N2O3. The number of nitrogens with zero attached hydrogens (tertiary/aromatic N) is 1. The first-order valence-corrected chi connectivity index (χ1v) is 7.43. The van der Waals surface area contributed by atoms with Crippen molar-refractivity contribution >= 4 is 11.6 Å². The van der Waals surface area contributed by atoms with Crippen LogP contribution in [0.25, 0.3) is 0 Å². The highest BCUT2D eigenvalue weighted by molar-refractivity contribution is 5.92. The van der Waals surface area contributed by atoms with Gasteiger partial charge in [-0.3, -0.25) is 4.79 Å². The highest BCUT2D eigenvalue weighted by atomic mass is 16.5. The van der Waals surface area contributed by atoms with E-state index in [1.165, 1.54) is 0 Å². The van der Waals surface area contributed by atoms with E-state index >= 15 is 0 Å². The summed E-state index contributed by atoms with van der Waals surface area (Å²) in [5.41, 5.74) is 0.702. The van der Waals surface area contributed by atoms with Gasteiger partial charge in [0.05, 0.1) is 18.9 Å². The molecule has 2 rings (SSSR count). The Kier molecular flexibility index (Phi) is 5.59. The minimum absolute atomic E-state index is 0.0139. The molecule has 1 heterocycles. The van der Waals surface area contributed by atoms with E-state index in [2.05, 4.69) is 10.2 Å². The molecular weight excluding hydrogens is 268 g/mol. The van der Waals surface area contributed by atoms with Gasteiger partial charge in [-0.05, 0) is 37.9 Å². The summed E-state index contributed by atoms with van der Waals surface area (Å²) < 4.78 is 5.21. The van der Waals surface area contributed by atoms with E-state index in [0.29, 0.717) is 23.8 Å². The van der Waals surface area contributed by atoms with Crippen LogP contribution in [-0.2, 0) is 4.79 Å². The second-order valence-corrected chi connectivity index (χ2v) is 5.59. The zero-order valence-electron chi connectivity index (χ0n) is 12.7. The Labute approximate surface area is 125 Å². The summed E-state index contributed by atoms with van der Waals surface area (Å²) in [4.78, 5) is 14.2. The van der Waals surface area contributed by atoms with Crippen LogP contribution in [0.3, 0.4) is 0 Å². The van der Waals surface area contributed by atoms with Crippen LogP contribution in [0.4, 0.5) is 5.69 Å². The minimum atomic E-state index is -0.266. The van der Waals surface area contributed by atoms with Crippen LogP contribution in [0.1, 0.15) is 19.8 Å². The summed E-state index contributed by atoms with van der Waals surface area (Å²) in [5, 5.41) is 12.5. The molecule has 1 saturated heterocycles. The molecule has 1 fully saturated rings. The zero-order chi connectivity index (χ0) is 15.2. The lowest BCUT2D eigenvalue weighted by molar-refractivity contribution is -0.116. The van der Waals surface area contributed by atoms with Gasteiger partial charge < -0.3 is 20.1 Å². The average molecular weight is 292 g/mol. The quantitative estimate of drug-likeness (QED) is 0.838. The maximum Gasteiger partial charge on any atom is 0.225 e. The van der Waals surface area contributed by atoms with E-state index in [1.807, 2.05) is 31.2 Å². The van der Waals surface area contributed by atoms with Gasteiger partial charge in [0.15, 0.2) is 0 Å². The molecule has 2 unspecified atom stereocenters. The highest BCUT2D eigenvalue weighted by Gasteiger charge is 2.25. The van der Waals surface area contributed by atoms with Gasteiger partial charge in [0.25, 0.3) is 0 Å². The zero-order valence-corrected chi connectivity index (χ0v) is 12.7. The van der Waals surface area contributed by atoms with E-state index < -0.39 is 0 Å². The summed E-state index contributed by atoms with van der Waals surface area (Å²) in [6.45, 7) is 4.39. The maximum absolute atomic E-state index is 12.0. The van der Waals surface area contributed by atoms with Gasteiger partial charge in [0, 0.05) is 19.5 Å². The van der Waals surface area contributed by atoms with Crippen LogP contribution in [0.2, 0.25) is 0 Å². The Hall–Kier alpha value is -1.59. The Morgan fingerprint density at radius 3 is 2.95 bits per heavy atom. The largest absolute Gasteiger partial charge is 0.495 e. The van der Waals surface area contributed by atoms with E-state index in [1.54, 1.807) is 7.11 Å². The molecule has 0 bridgehead atoms. The number of carbonyl (C=O) groups is 1. The van der Waals surface area contributed by atoms with Gasteiger partial charge in [-0.15, -0.1) is 0 Å². The first-order chi connectivity index (χ1) is 10.1. The fourth-order valence-corrected chi connectivity index (χ4v) is 2.68. The molecule has 1 aliphatic heterocycles. The van der Waals surface area contributed by atoms with Crippen LogP contribution < -0.4 is 10.1 Å². The van der Waals surface area contributed by atoms with Gasteiger partial charge in [-0.2, -0.15) is 0 Å². The predicted octanol–water partition coefficient (Wildman–Crippen LogP) is 1.73. The Morgan fingerprint density at radius 2 is 2.29 bits per heavy atom. The van der Waals surface area contributed by atoms with Crippen LogP contribution >= 0.6 is 0 Å². The summed E-state index contributed by atoms with van der Waals surface area (Å²) >= 11 is 0. The monoisotopic (exact) mass is 292 g/mol. The number of nitrogens with one attached hydrogen (secondary N) is 1. The lowest BCUT2D eigenvalue weighted by atomic mass is 10.0. The standard InChI is InChI=1S/C16H24N2O3/c1-12(19)13-7-9-18(11-13)10-8-16(20)17-14-5-3-4-6-15(14)21-2/h3-6,12-13,19H,7-11H2,1-2H3,(H,17,20). The number of hydrogen-bond acceptors (Lipinski definition) is 4. The summed E-state index contributed by atoms with van der Waals surface area (Å²) in [6.07, 6.45) is 1.19. The van der Waals surface area contributed by atoms with Crippen molar-refractivity contribution in [3.05, 3.63) is 24.3 Å². The number of amides is 1. The molecule has 21 heavy (non-hydrogen) atoms. The normalized spacial score (nSPS) is 20.2. The third kappa shape index (κ3) is 4.44. The first kappa shape index (κ1) is 15.8. The minimum Gasteiger partial charge on any atom is -0.495 e. The number of hydrogen-bond donors (Lipinski definition) is 2. The third-order valence-electron chi connectivity index (χ3n) is 4.03. The summed E-state index contributed by atoms with van der Waals surface area (Å²) in [7, 11) is 1.59. The van der Waals surface area contributed by atoms with Gasteiger partial charge in [-0.25, -0.2) is 0 Å². The molecule has 1 aromatic carbocycles. The van der Waals surface area contributed by atoms with Crippen molar-refractivity contribution < 1.29 is 14.6 Å². The molecule has 0 aliphatic carbocycles. The molecule has 5 nitrogen and oxygen atoms in total. The molecule has 0 aromatic heterocycles. The number of likely N-dealkylation sites (tertiary alicyclic amines) is 1.